The van der Waals surface area contributed by atoms with Gasteiger partial charge in [-0.15, -0.1) is 0 Å². The van der Waals surface area contributed by atoms with Crippen molar-refractivity contribution in [2.45, 2.75) is 25.4 Å². The monoisotopic (exact) mass is 329 g/mol. The van der Waals surface area contributed by atoms with Crippen LogP contribution in [0.2, 0.25) is 0 Å². The first-order chi connectivity index (χ1) is 11.7. The highest BCUT2D eigenvalue weighted by molar-refractivity contribution is 5.86. The molecule has 3 aliphatic heterocycles. The van der Waals surface area contributed by atoms with Crippen molar-refractivity contribution in [3.05, 3.63) is 24.0 Å². The normalized spacial score (nSPS) is 24.2. The molecule has 7 nitrogen and oxygen atoms in total. The van der Waals surface area contributed by atoms with Crippen molar-refractivity contribution in [1.29, 1.82) is 0 Å². The van der Waals surface area contributed by atoms with E-state index in [0.717, 1.165) is 25.2 Å². The molecule has 3 aliphatic rings. The second-order valence-electron chi connectivity index (χ2n) is 6.79. The fourth-order valence-electron chi connectivity index (χ4n) is 3.99. The number of carbonyl (C=O) groups is 2. The van der Waals surface area contributed by atoms with Crippen molar-refractivity contribution in [3.8, 4) is 0 Å². The van der Waals surface area contributed by atoms with Gasteiger partial charge in [0.1, 0.15) is 0 Å². The van der Waals surface area contributed by atoms with Crippen LogP contribution in [0.5, 0.6) is 0 Å². The first-order valence-corrected chi connectivity index (χ1v) is 8.68. The van der Waals surface area contributed by atoms with Gasteiger partial charge in [0.25, 0.3) is 0 Å². The van der Waals surface area contributed by atoms with Gasteiger partial charge in [-0.1, -0.05) is 0 Å². The van der Waals surface area contributed by atoms with Gasteiger partial charge >= 0.3 is 0 Å². The molecule has 0 radical (unpaired) electrons. The number of anilines is 1. The number of hydrogen-bond acceptors (Lipinski definition) is 5. The Kier molecular flexibility index (Phi) is 4.10. The number of carbonyl (C=O) groups excluding carboxylic acids is 2. The quantitative estimate of drug-likeness (QED) is 0.815. The van der Waals surface area contributed by atoms with Gasteiger partial charge in [-0.25, -0.2) is 0 Å². The lowest BCUT2D eigenvalue weighted by Gasteiger charge is -2.30. The smallest absolute Gasteiger partial charge is 0.239 e. The van der Waals surface area contributed by atoms with E-state index in [1.54, 1.807) is 4.90 Å². The highest BCUT2D eigenvalue weighted by atomic mass is 16.2. The highest BCUT2D eigenvalue weighted by Crippen LogP contribution is 2.31. The molecule has 1 N–H and O–H groups in total. The molecule has 2 fully saturated rings. The molecule has 0 saturated carbocycles. The number of nitrogens with zero attached hydrogens (tertiary/aromatic N) is 4. The standard InChI is InChI=1S/C17H23N5O2/c23-16-11-21(8-6-19-16)17(24)12-20-9-13-3-2-7-22(13)15-4-1-5-18-14(15)10-20/h1,4-5,13H,2-3,6-12H2,(H,19,23)/t13-/m0/s1. The molecular weight excluding hydrogens is 306 g/mol. The van der Waals surface area contributed by atoms with E-state index in [0.29, 0.717) is 32.2 Å². The third kappa shape index (κ3) is 2.96. The maximum atomic E-state index is 12.6. The summed E-state index contributed by atoms with van der Waals surface area (Å²) >= 11 is 0. The minimum Gasteiger partial charge on any atom is -0.366 e. The first-order valence-electron chi connectivity index (χ1n) is 8.68. The number of rotatable bonds is 2. The van der Waals surface area contributed by atoms with Gasteiger partial charge < -0.3 is 15.1 Å². The van der Waals surface area contributed by atoms with Gasteiger partial charge in [0.2, 0.25) is 11.8 Å². The number of piperazine rings is 1. The molecule has 128 valence electrons. The summed E-state index contributed by atoms with van der Waals surface area (Å²) in [5.74, 6) is -0.0341. The Morgan fingerprint density at radius 3 is 3.12 bits per heavy atom. The van der Waals surface area contributed by atoms with Crippen LogP contribution in [0.1, 0.15) is 18.5 Å². The van der Waals surface area contributed by atoms with E-state index in [2.05, 4.69) is 26.2 Å². The summed E-state index contributed by atoms with van der Waals surface area (Å²) in [6.45, 7) is 4.31. The van der Waals surface area contributed by atoms with Crippen LogP contribution in [-0.4, -0.2) is 71.9 Å². The van der Waals surface area contributed by atoms with Gasteiger partial charge in [0.15, 0.2) is 0 Å². The van der Waals surface area contributed by atoms with Crippen molar-refractivity contribution in [2.75, 3.05) is 44.2 Å². The topological polar surface area (TPSA) is 68.8 Å². The van der Waals surface area contributed by atoms with Gasteiger partial charge in [0.05, 0.1) is 24.5 Å². The van der Waals surface area contributed by atoms with E-state index >= 15 is 0 Å². The Labute approximate surface area is 141 Å². The molecule has 1 aromatic heterocycles. The van der Waals surface area contributed by atoms with Crippen LogP contribution in [0.4, 0.5) is 5.69 Å². The first kappa shape index (κ1) is 15.4. The number of fused-ring (bicyclic) bond motifs is 3. The van der Waals surface area contributed by atoms with Gasteiger partial charge in [0, 0.05) is 45.0 Å². The Morgan fingerprint density at radius 1 is 1.33 bits per heavy atom. The molecule has 1 aromatic rings. The average Bonchev–Trinajstić information content (AvgIpc) is 2.97. The van der Waals surface area contributed by atoms with Crippen LogP contribution in [0.3, 0.4) is 0 Å². The second kappa shape index (κ2) is 6.39. The van der Waals surface area contributed by atoms with Crippen molar-refractivity contribution in [3.63, 3.8) is 0 Å². The molecule has 0 aromatic carbocycles. The lowest BCUT2D eigenvalue weighted by Crippen LogP contribution is -2.52. The molecule has 4 heterocycles. The molecule has 0 spiro atoms. The number of hydrogen-bond donors (Lipinski definition) is 1. The molecule has 2 saturated heterocycles. The Morgan fingerprint density at radius 2 is 2.25 bits per heavy atom. The molecule has 0 aliphatic carbocycles. The molecule has 1 atom stereocenters. The van der Waals surface area contributed by atoms with Gasteiger partial charge in [-0.3, -0.25) is 19.5 Å². The van der Waals surface area contributed by atoms with E-state index in [9.17, 15) is 9.59 Å². The lowest BCUT2D eigenvalue weighted by atomic mass is 10.2. The second-order valence-corrected chi connectivity index (χ2v) is 6.79. The minimum absolute atomic E-state index is 0.0359. The molecule has 7 heteroatoms. The largest absolute Gasteiger partial charge is 0.366 e. The van der Waals surface area contributed by atoms with Gasteiger partial charge in [-0.05, 0) is 25.0 Å². The fourth-order valence-corrected chi connectivity index (χ4v) is 3.99. The van der Waals surface area contributed by atoms with Crippen LogP contribution in [0, 0.1) is 0 Å². The van der Waals surface area contributed by atoms with E-state index in [4.69, 9.17) is 0 Å². The number of amides is 2. The van der Waals surface area contributed by atoms with Crippen molar-refractivity contribution >= 4 is 17.5 Å². The fraction of sp³-hybridized carbons (Fsp3) is 0.588. The summed E-state index contributed by atoms with van der Waals surface area (Å²) < 4.78 is 0. The lowest BCUT2D eigenvalue weighted by molar-refractivity contribution is -0.139. The third-order valence-corrected chi connectivity index (χ3v) is 5.15. The minimum atomic E-state index is -0.0700. The molecule has 4 rings (SSSR count). The summed E-state index contributed by atoms with van der Waals surface area (Å²) in [6.07, 6.45) is 4.17. The van der Waals surface area contributed by atoms with E-state index in [-0.39, 0.29) is 18.4 Å². The SMILES string of the molecule is O=C1CN(C(=O)CN2Cc3ncccc3N3CCC[C@H]3C2)CCN1. The number of nitrogens with one attached hydrogen (secondary N) is 1. The highest BCUT2D eigenvalue weighted by Gasteiger charge is 2.33. The Hall–Kier alpha value is -2.15. The zero-order valence-electron chi connectivity index (χ0n) is 13.8. The van der Waals surface area contributed by atoms with Crippen LogP contribution in [-0.2, 0) is 16.1 Å². The zero-order valence-corrected chi connectivity index (χ0v) is 13.8. The summed E-state index contributed by atoms with van der Waals surface area (Å²) in [4.78, 5) is 34.9. The predicted octanol–water partition coefficient (Wildman–Crippen LogP) is -0.176. The predicted molar refractivity (Wildman–Crippen MR) is 89.5 cm³/mol. The van der Waals surface area contributed by atoms with E-state index in [1.807, 2.05) is 12.3 Å². The number of pyridine rings is 1. The molecule has 0 unspecified atom stereocenters. The maximum absolute atomic E-state index is 12.6. The molecule has 2 amide bonds. The molecular formula is C17H23N5O2. The Balaban J connectivity index is 1.50. The molecule has 0 bridgehead atoms. The van der Waals surface area contributed by atoms with Crippen molar-refractivity contribution in [1.82, 2.24) is 20.1 Å². The van der Waals surface area contributed by atoms with Crippen LogP contribution >= 0.6 is 0 Å². The van der Waals surface area contributed by atoms with Crippen LogP contribution < -0.4 is 10.2 Å². The summed E-state index contributed by atoms with van der Waals surface area (Å²) in [5.41, 5.74) is 2.26. The summed E-state index contributed by atoms with van der Waals surface area (Å²) in [5, 5.41) is 2.76. The van der Waals surface area contributed by atoms with E-state index in [1.165, 1.54) is 12.1 Å². The van der Waals surface area contributed by atoms with Crippen LogP contribution in [0.15, 0.2) is 18.3 Å². The average molecular weight is 329 g/mol. The van der Waals surface area contributed by atoms with Gasteiger partial charge in [-0.2, -0.15) is 0 Å². The zero-order chi connectivity index (χ0) is 16.5. The molecule has 24 heavy (non-hydrogen) atoms. The van der Waals surface area contributed by atoms with Crippen molar-refractivity contribution < 1.29 is 9.59 Å². The number of aromatic nitrogens is 1. The summed E-state index contributed by atoms with van der Waals surface area (Å²) in [7, 11) is 0. The van der Waals surface area contributed by atoms with E-state index < -0.39 is 0 Å². The van der Waals surface area contributed by atoms with Crippen LogP contribution in [0.25, 0.3) is 0 Å². The maximum Gasteiger partial charge on any atom is 0.239 e. The Bertz CT molecular complexity index is 650. The summed E-state index contributed by atoms with van der Waals surface area (Å²) in [6, 6.07) is 4.58. The van der Waals surface area contributed by atoms with Crippen molar-refractivity contribution in [2.24, 2.45) is 0 Å². The third-order valence-electron chi connectivity index (χ3n) is 5.15.